The van der Waals surface area contributed by atoms with Gasteiger partial charge in [0.15, 0.2) is 12.3 Å². The van der Waals surface area contributed by atoms with Gasteiger partial charge in [-0.1, -0.05) is 18.2 Å². The SMILES string of the molecule is O=C(O)CCC(NC(=O)c1cc(OCC(=O)N2CCCC2C(=O)N2CCCC2)n(-c2ccccc2)n1)C(=O)N1CCN(C(=O)O)CC1. The maximum absolute atomic E-state index is 13.5. The minimum absolute atomic E-state index is 0.0441. The fourth-order valence-corrected chi connectivity index (χ4v) is 6.12. The summed E-state index contributed by atoms with van der Waals surface area (Å²) in [4.78, 5) is 81.7. The van der Waals surface area contributed by atoms with E-state index < -0.39 is 49.0 Å². The fourth-order valence-electron chi connectivity index (χ4n) is 6.12. The van der Waals surface area contributed by atoms with Crippen molar-refractivity contribution >= 4 is 35.7 Å². The summed E-state index contributed by atoms with van der Waals surface area (Å²) in [6, 6.07) is 8.36. The molecule has 0 bridgehead atoms. The summed E-state index contributed by atoms with van der Waals surface area (Å²) < 4.78 is 7.25. The van der Waals surface area contributed by atoms with E-state index in [0.29, 0.717) is 38.2 Å². The number of nitrogens with zero attached hydrogens (tertiary/aromatic N) is 6. The number of rotatable bonds is 11. The summed E-state index contributed by atoms with van der Waals surface area (Å²) in [6.45, 7) is 1.80. The van der Waals surface area contributed by atoms with Crippen LogP contribution in [-0.2, 0) is 19.2 Å². The molecule has 16 nitrogen and oxygen atoms in total. The summed E-state index contributed by atoms with van der Waals surface area (Å²) in [6.07, 6.45) is 1.52. The van der Waals surface area contributed by atoms with E-state index in [2.05, 4.69) is 10.4 Å². The van der Waals surface area contributed by atoms with Crippen molar-refractivity contribution in [1.82, 2.24) is 34.7 Å². The number of carboxylic acid groups (broad SMARTS) is 2. The average Bonchev–Trinajstić information content (AvgIpc) is 3.87. The van der Waals surface area contributed by atoms with Gasteiger partial charge < -0.3 is 39.9 Å². The van der Waals surface area contributed by atoms with Crippen LogP contribution >= 0.6 is 0 Å². The third kappa shape index (κ3) is 7.99. The molecule has 4 heterocycles. The van der Waals surface area contributed by atoms with Crippen LogP contribution in [0.25, 0.3) is 5.69 Å². The number of carbonyl (C=O) groups excluding carboxylic acids is 4. The molecule has 3 fully saturated rings. The molecule has 3 N–H and O–H groups in total. The molecule has 3 saturated heterocycles. The Morgan fingerprint density at radius 3 is 2.21 bits per heavy atom. The van der Waals surface area contributed by atoms with Gasteiger partial charge in [0.25, 0.3) is 11.8 Å². The van der Waals surface area contributed by atoms with Crippen molar-refractivity contribution in [2.24, 2.45) is 0 Å². The Labute approximate surface area is 270 Å². The van der Waals surface area contributed by atoms with Crippen LogP contribution in [0.3, 0.4) is 0 Å². The summed E-state index contributed by atoms with van der Waals surface area (Å²) in [7, 11) is 0. The lowest BCUT2D eigenvalue weighted by atomic mass is 10.1. The number of hydrogen-bond acceptors (Lipinski definition) is 8. The lowest BCUT2D eigenvalue weighted by molar-refractivity contribution is -0.144. The summed E-state index contributed by atoms with van der Waals surface area (Å²) in [5.74, 6) is -2.78. The maximum atomic E-state index is 13.5. The Morgan fingerprint density at radius 2 is 1.55 bits per heavy atom. The number of likely N-dealkylation sites (tertiary alicyclic amines) is 2. The van der Waals surface area contributed by atoms with Crippen molar-refractivity contribution in [3.8, 4) is 11.6 Å². The number of carbonyl (C=O) groups is 6. The normalized spacial score (nSPS) is 18.6. The number of hydrogen-bond donors (Lipinski definition) is 3. The Morgan fingerprint density at radius 1 is 0.872 bits per heavy atom. The van der Waals surface area contributed by atoms with Crippen LogP contribution in [0.1, 0.15) is 49.0 Å². The van der Waals surface area contributed by atoms with Crippen LogP contribution in [0.4, 0.5) is 4.79 Å². The summed E-state index contributed by atoms with van der Waals surface area (Å²) in [5, 5.41) is 25.4. The minimum Gasteiger partial charge on any atom is -0.481 e. The highest BCUT2D eigenvalue weighted by atomic mass is 16.5. The van der Waals surface area contributed by atoms with Gasteiger partial charge in [0, 0.05) is 58.3 Å². The first-order chi connectivity index (χ1) is 22.6. The lowest BCUT2D eigenvalue weighted by Crippen LogP contribution is -2.55. The Kier molecular flexibility index (Phi) is 10.6. The van der Waals surface area contributed by atoms with E-state index in [4.69, 9.17) is 4.74 Å². The number of benzene rings is 1. The first kappa shape index (κ1) is 33.2. The number of nitrogens with one attached hydrogen (secondary N) is 1. The molecule has 0 aliphatic carbocycles. The van der Waals surface area contributed by atoms with Crippen molar-refractivity contribution in [2.45, 2.75) is 50.6 Å². The van der Waals surface area contributed by atoms with Gasteiger partial charge in [0.2, 0.25) is 17.7 Å². The molecule has 2 unspecified atom stereocenters. The Bertz CT molecular complexity index is 1480. The molecule has 252 valence electrons. The molecule has 2 atom stereocenters. The van der Waals surface area contributed by atoms with Crippen LogP contribution in [0.5, 0.6) is 5.88 Å². The fraction of sp³-hybridized carbons (Fsp3) is 0.516. The molecule has 1 aromatic carbocycles. The summed E-state index contributed by atoms with van der Waals surface area (Å²) in [5.41, 5.74) is 0.399. The smallest absolute Gasteiger partial charge is 0.407 e. The van der Waals surface area contributed by atoms with Crippen molar-refractivity contribution < 1.29 is 43.7 Å². The minimum atomic E-state index is -1.21. The number of carboxylic acids is 1. The number of aliphatic carboxylic acids is 1. The van der Waals surface area contributed by atoms with Crippen LogP contribution in [0, 0.1) is 0 Å². The van der Waals surface area contributed by atoms with Gasteiger partial charge >= 0.3 is 12.1 Å². The molecule has 47 heavy (non-hydrogen) atoms. The molecule has 5 amide bonds. The lowest BCUT2D eigenvalue weighted by Gasteiger charge is -2.35. The van der Waals surface area contributed by atoms with Gasteiger partial charge in [-0.2, -0.15) is 5.10 Å². The van der Waals surface area contributed by atoms with E-state index in [1.165, 1.54) is 20.5 Å². The molecule has 3 aliphatic heterocycles. The molecule has 2 aromatic rings. The van der Waals surface area contributed by atoms with Crippen molar-refractivity contribution in [1.29, 1.82) is 0 Å². The number of para-hydroxylation sites is 1. The van der Waals surface area contributed by atoms with E-state index in [0.717, 1.165) is 12.8 Å². The predicted octanol–water partition coefficient (Wildman–Crippen LogP) is 0.650. The van der Waals surface area contributed by atoms with E-state index >= 15 is 0 Å². The quantitative estimate of drug-likeness (QED) is 0.310. The topological polar surface area (TPSA) is 195 Å². The zero-order valence-corrected chi connectivity index (χ0v) is 26.0. The maximum Gasteiger partial charge on any atom is 0.407 e. The van der Waals surface area contributed by atoms with Gasteiger partial charge in [-0.05, 0) is 44.2 Å². The number of amides is 5. The van der Waals surface area contributed by atoms with Crippen LogP contribution in [0.2, 0.25) is 0 Å². The van der Waals surface area contributed by atoms with E-state index in [-0.39, 0.29) is 56.0 Å². The van der Waals surface area contributed by atoms with E-state index in [1.807, 2.05) is 0 Å². The molecule has 0 radical (unpaired) electrons. The Balaban J connectivity index is 1.30. The average molecular weight is 654 g/mol. The van der Waals surface area contributed by atoms with Gasteiger partial charge in [0.1, 0.15) is 12.1 Å². The largest absolute Gasteiger partial charge is 0.481 e. The van der Waals surface area contributed by atoms with Crippen LogP contribution < -0.4 is 10.1 Å². The number of piperazine rings is 1. The zero-order chi connectivity index (χ0) is 33.5. The molecule has 0 spiro atoms. The second-order valence-electron chi connectivity index (χ2n) is 11.7. The van der Waals surface area contributed by atoms with Crippen molar-refractivity contribution in [3.05, 3.63) is 42.1 Å². The van der Waals surface area contributed by atoms with Crippen molar-refractivity contribution in [3.63, 3.8) is 0 Å². The predicted molar refractivity (Wildman–Crippen MR) is 164 cm³/mol. The molecule has 1 aromatic heterocycles. The van der Waals surface area contributed by atoms with Crippen LogP contribution in [0.15, 0.2) is 36.4 Å². The highest BCUT2D eigenvalue weighted by molar-refractivity contribution is 5.96. The van der Waals surface area contributed by atoms with Crippen molar-refractivity contribution in [2.75, 3.05) is 52.4 Å². The second kappa shape index (κ2) is 15.0. The summed E-state index contributed by atoms with van der Waals surface area (Å²) >= 11 is 0. The number of ether oxygens (including phenoxy) is 1. The molecule has 0 saturated carbocycles. The van der Waals surface area contributed by atoms with Gasteiger partial charge in [-0.3, -0.25) is 24.0 Å². The first-order valence-electron chi connectivity index (χ1n) is 15.8. The molecule has 5 rings (SSSR count). The molecule has 16 heteroatoms. The highest BCUT2D eigenvalue weighted by Crippen LogP contribution is 2.24. The highest BCUT2D eigenvalue weighted by Gasteiger charge is 2.37. The van der Waals surface area contributed by atoms with E-state index in [1.54, 1.807) is 40.1 Å². The molecular weight excluding hydrogens is 614 g/mol. The van der Waals surface area contributed by atoms with Gasteiger partial charge in [-0.15, -0.1) is 0 Å². The van der Waals surface area contributed by atoms with Gasteiger partial charge in [0.05, 0.1) is 5.69 Å². The first-order valence-corrected chi connectivity index (χ1v) is 15.8. The third-order valence-corrected chi connectivity index (χ3v) is 8.64. The van der Waals surface area contributed by atoms with E-state index in [9.17, 15) is 39.0 Å². The number of aromatic nitrogens is 2. The van der Waals surface area contributed by atoms with Gasteiger partial charge in [-0.25, -0.2) is 9.48 Å². The monoisotopic (exact) mass is 653 g/mol. The standard InChI is InChI=1S/C31H39N7O9/c39-25(37-14-6-9-24(37)30(44)34-12-4-5-13-34)20-47-26-19-23(33-38(26)21-7-2-1-3-8-21)28(42)32-22(10-11-27(40)41)29(43)35-15-17-36(18-16-35)31(45)46/h1-3,7-8,19,22,24H,4-6,9-18,20H2,(H,32,42)(H,40,41)(H,45,46). The molecule has 3 aliphatic rings. The Hall–Kier alpha value is -5.15. The van der Waals surface area contributed by atoms with Crippen LogP contribution in [-0.4, -0.2) is 140 Å². The third-order valence-electron chi connectivity index (χ3n) is 8.64. The zero-order valence-electron chi connectivity index (χ0n) is 26.0. The second-order valence-corrected chi connectivity index (χ2v) is 11.7. The molecular formula is C31H39N7O9.